The Morgan fingerprint density at radius 1 is 1.26 bits per heavy atom. The third kappa shape index (κ3) is 5.02. The van der Waals surface area contributed by atoms with Crippen molar-refractivity contribution < 1.29 is 10.0 Å². The monoisotopic (exact) mass is 427 g/mol. The SMILES string of the molecule is Cc1cccc2cc(C[NH+](CCCO)[C@@H](c3nnnn3C(C)(C)C)C(C)C)c(=O)[nH]c12. The minimum atomic E-state index is -0.258. The summed E-state index contributed by atoms with van der Waals surface area (Å²) < 4.78 is 1.88. The van der Waals surface area contributed by atoms with Gasteiger partial charge in [0, 0.05) is 18.9 Å². The molecule has 3 aromatic rings. The molecule has 3 rings (SSSR count). The number of aromatic amines is 1. The first kappa shape index (κ1) is 23.1. The minimum Gasteiger partial charge on any atom is -0.396 e. The fourth-order valence-electron chi connectivity index (χ4n) is 4.28. The standard InChI is InChI=1S/C23H34N6O2/c1-15(2)20(21-25-26-27-29(21)23(4,5)6)28(11-8-12-30)14-18-13-17-10-7-9-16(3)19(17)24-22(18)31/h7,9-10,13,15,20,30H,8,11-12,14H2,1-6H3,(H,24,31)/p+1/t20-/m1/s1. The zero-order valence-electron chi connectivity index (χ0n) is 19.4. The van der Waals surface area contributed by atoms with Crippen LogP contribution in [0.4, 0.5) is 0 Å². The number of benzene rings is 1. The molecule has 0 aliphatic heterocycles. The van der Waals surface area contributed by atoms with Gasteiger partial charge in [0.15, 0.2) is 6.04 Å². The van der Waals surface area contributed by atoms with Gasteiger partial charge in [-0.05, 0) is 55.1 Å². The normalized spacial score (nSPS) is 14.3. The van der Waals surface area contributed by atoms with Crippen molar-refractivity contribution in [1.82, 2.24) is 25.2 Å². The lowest BCUT2D eigenvalue weighted by Crippen LogP contribution is -3.12. The van der Waals surface area contributed by atoms with Gasteiger partial charge in [-0.15, -0.1) is 5.10 Å². The van der Waals surface area contributed by atoms with Crippen LogP contribution in [0, 0.1) is 12.8 Å². The van der Waals surface area contributed by atoms with E-state index in [0.717, 1.165) is 27.9 Å². The summed E-state index contributed by atoms with van der Waals surface area (Å²) in [7, 11) is 0. The van der Waals surface area contributed by atoms with E-state index in [-0.39, 0.29) is 29.7 Å². The summed E-state index contributed by atoms with van der Waals surface area (Å²) in [5, 5.41) is 23.1. The van der Waals surface area contributed by atoms with Gasteiger partial charge in [0.05, 0.1) is 23.2 Å². The summed E-state index contributed by atoms with van der Waals surface area (Å²) in [4.78, 5) is 17.2. The number of pyridine rings is 1. The maximum Gasteiger partial charge on any atom is 0.257 e. The van der Waals surface area contributed by atoms with E-state index in [9.17, 15) is 9.90 Å². The molecule has 31 heavy (non-hydrogen) atoms. The van der Waals surface area contributed by atoms with E-state index in [4.69, 9.17) is 0 Å². The quantitative estimate of drug-likeness (QED) is 0.508. The van der Waals surface area contributed by atoms with Crippen molar-refractivity contribution in [2.45, 2.75) is 66.1 Å². The Balaban J connectivity index is 2.05. The van der Waals surface area contributed by atoms with Crippen LogP contribution >= 0.6 is 0 Å². The Kier molecular flexibility index (Phi) is 6.91. The van der Waals surface area contributed by atoms with Crippen molar-refractivity contribution in [3.05, 3.63) is 51.6 Å². The Bertz CT molecular complexity index is 1080. The second-order valence-electron chi connectivity index (χ2n) is 9.67. The number of hydrogen-bond donors (Lipinski definition) is 3. The van der Waals surface area contributed by atoms with Crippen molar-refractivity contribution in [3.8, 4) is 0 Å². The maximum atomic E-state index is 12.9. The molecule has 0 amide bonds. The van der Waals surface area contributed by atoms with Crippen LogP contribution in [-0.4, -0.2) is 43.4 Å². The number of hydrogen-bond acceptors (Lipinski definition) is 5. The highest BCUT2D eigenvalue weighted by Gasteiger charge is 2.35. The second-order valence-corrected chi connectivity index (χ2v) is 9.67. The molecule has 0 aliphatic rings. The zero-order valence-corrected chi connectivity index (χ0v) is 19.4. The van der Waals surface area contributed by atoms with Crippen LogP contribution in [0.3, 0.4) is 0 Å². The molecule has 0 bridgehead atoms. The fraction of sp³-hybridized carbons (Fsp3) is 0.565. The highest BCUT2D eigenvalue weighted by atomic mass is 16.3. The zero-order chi connectivity index (χ0) is 22.8. The largest absolute Gasteiger partial charge is 0.396 e. The van der Waals surface area contributed by atoms with E-state index in [2.05, 4.69) is 55.1 Å². The van der Waals surface area contributed by atoms with Crippen LogP contribution in [0.1, 0.15) is 64.0 Å². The maximum absolute atomic E-state index is 12.9. The topological polar surface area (TPSA) is 101 Å². The predicted octanol–water partition coefficient (Wildman–Crippen LogP) is 1.74. The van der Waals surface area contributed by atoms with E-state index >= 15 is 0 Å². The second kappa shape index (κ2) is 9.28. The van der Waals surface area contributed by atoms with Crippen molar-refractivity contribution in [2.24, 2.45) is 5.92 Å². The number of H-pyrrole nitrogens is 1. The van der Waals surface area contributed by atoms with Gasteiger partial charge in [0.1, 0.15) is 6.54 Å². The van der Waals surface area contributed by atoms with Gasteiger partial charge in [0.2, 0.25) is 5.82 Å². The summed E-state index contributed by atoms with van der Waals surface area (Å²) in [6.45, 7) is 13.9. The molecule has 0 saturated carbocycles. The molecule has 1 unspecified atom stereocenters. The van der Waals surface area contributed by atoms with Crippen LogP contribution in [0.5, 0.6) is 0 Å². The highest BCUT2D eigenvalue weighted by Crippen LogP contribution is 2.22. The number of aryl methyl sites for hydroxylation is 1. The predicted molar refractivity (Wildman–Crippen MR) is 121 cm³/mol. The number of nitrogens with one attached hydrogen (secondary N) is 2. The first-order chi connectivity index (χ1) is 14.6. The van der Waals surface area contributed by atoms with Crippen molar-refractivity contribution in [3.63, 3.8) is 0 Å². The van der Waals surface area contributed by atoms with Gasteiger partial charge in [-0.2, -0.15) is 0 Å². The molecule has 8 nitrogen and oxygen atoms in total. The summed E-state index contributed by atoms with van der Waals surface area (Å²) >= 11 is 0. The highest BCUT2D eigenvalue weighted by molar-refractivity contribution is 5.81. The lowest BCUT2D eigenvalue weighted by atomic mass is 9.98. The van der Waals surface area contributed by atoms with Crippen LogP contribution in [0.15, 0.2) is 29.1 Å². The molecular formula is C23H35N6O2+. The van der Waals surface area contributed by atoms with Gasteiger partial charge < -0.3 is 15.0 Å². The van der Waals surface area contributed by atoms with Gasteiger partial charge in [-0.25, -0.2) is 4.68 Å². The number of tetrazole rings is 1. The smallest absolute Gasteiger partial charge is 0.257 e. The van der Waals surface area contributed by atoms with E-state index in [1.54, 1.807) is 0 Å². The number of aliphatic hydroxyl groups is 1. The molecule has 2 aromatic heterocycles. The lowest BCUT2D eigenvalue weighted by molar-refractivity contribution is -0.950. The van der Waals surface area contributed by atoms with Gasteiger partial charge >= 0.3 is 0 Å². The molecule has 0 aliphatic carbocycles. The Labute approximate surface area is 183 Å². The molecule has 0 fully saturated rings. The van der Waals surface area contributed by atoms with E-state index in [1.807, 2.05) is 35.9 Å². The number of aromatic nitrogens is 5. The molecular weight excluding hydrogens is 392 g/mol. The van der Waals surface area contributed by atoms with Crippen LogP contribution in [0.2, 0.25) is 0 Å². The van der Waals surface area contributed by atoms with Gasteiger partial charge in [0.25, 0.3) is 5.56 Å². The number of fused-ring (bicyclic) bond motifs is 1. The van der Waals surface area contributed by atoms with Gasteiger partial charge in [-0.1, -0.05) is 32.0 Å². The molecule has 0 radical (unpaired) electrons. The van der Waals surface area contributed by atoms with Crippen molar-refractivity contribution in [1.29, 1.82) is 0 Å². The Morgan fingerprint density at radius 3 is 2.65 bits per heavy atom. The number of para-hydroxylation sites is 1. The average molecular weight is 428 g/mol. The summed E-state index contributed by atoms with van der Waals surface area (Å²) in [6.07, 6.45) is 0.639. The number of rotatable bonds is 8. The number of quaternary nitrogens is 1. The summed E-state index contributed by atoms with van der Waals surface area (Å²) in [5.41, 5.74) is 2.33. The lowest BCUT2D eigenvalue weighted by Gasteiger charge is -2.32. The van der Waals surface area contributed by atoms with Crippen LogP contribution in [0.25, 0.3) is 10.9 Å². The molecule has 168 valence electrons. The minimum absolute atomic E-state index is 0.0200. The van der Waals surface area contributed by atoms with E-state index < -0.39 is 0 Å². The van der Waals surface area contributed by atoms with Crippen molar-refractivity contribution in [2.75, 3.05) is 13.2 Å². The fourth-order valence-corrected chi connectivity index (χ4v) is 4.28. The molecule has 1 aromatic carbocycles. The van der Waals surface area contributed by atoms with E-state index in [0.29, 0.717) is 19.5 Å². The molecule has 0 saturated heterocycles. The van der Waals surface area contributed by atoms with Gasteiger partial charge in [-0.3, -0.25) is 4.79 Å². The molecule has 0 spiro atoms. The molecule has 2 heterocycles. The Hall–Kier alpha value is -2.58. The number of aliphatic hydroxyl groups excluding tert-OH is 1. The third-order valence-corrected chi connectivity index (χ3v) is 5.75. The summed E-state index contributed by atoms with van der Waals surface area (Å²) in [5.74, 6) is 1.05. The average Bonchev–Trinajstić information content (AvgIpc) is 3.17. The van der Waals surface area contributed by atoms with Crippen LogP contribution < -0.4 is 10.5 Å². The molecule has 8 heteroatoms. The van der Waals surface area contributed by atoms with E-state index in [1.165, 1.54) is 4.90 Å². The number of nitrogens with zero attached hydrogens (tertiary/aromatic N) is 4. The summed E-state index contributed by atoms with van der Waals surface area (Å²) in [6, 6.07) is 8.00. The first-order valence-corrected chi connectivity index (χ1v) is 11.0. The third-order valence-electron chi connectivity index (χ3n) is 5.75. The van der Waals surface area contributed by atoms with Crippen molar-refractivity contribution >= 4 is 10.9 Å². The first-order valence-electron chi connectivity index (χ1n) is 11.0. The molecule has 3 N–H and O–H groups in total. The van der Waals surface area contributed by atoms with Crippen LogP contribution in [-0.2, 0) is 12.1 Å². The molecule has 2 atom stereocenters. The Morgan fingerprint density at radius 2 is 2.00 bits per heavy atom.